The smallest absolute Gasteiger partial charge is 0.171 e. The van der Waals surface area contributed by atoms with E-state index in [4.69, 9.17) is 4.74 Å². The van der Waals surface area contributed by atoms with Crippen LogP contribution in [0.5, 0.6) is 5.75 Å². The highest BCUT2D eigenvalue weighted by Crippen LogP contribution is 2.31. The van der Waals surface area contributed by atoms with Crippen LogP contribution in [0.4, 0.5) is 0 Å². The summed E-state index contributed by atoms with van der Waals surface area (Å²) in [5.74, 6) is 0.912. The molecule has 2 nitrogen and oxygen atoms in total. The van der Waals surface area contributed by atoms with Crippen molar-refractivity contribution in [3.63, 3.8) is 0 Å². The molecule has 1 aromatic rings. The van der Waals surface area contributed by atoms with E-state index < -0.39 is 0 Å². The van der Waals surface area contributed by atoms with Crippen molar-refractivity contribution in [3.05, 3.63) is 42.0 Å². The van der Waals surface area contributed by atoms with Gasteiger partial charge in [0.1, 0.15) is 5.75 Å². The van der Waals surface area contributed by atoms with E-state index in [9.17, 15) is 4.79 Å². The largest absolute Gasteiger partial charge is 0.492 e. The number of Topliss-reactive ketones (excluding diaryl/α,β-unsaturated/α-hetero) is 1. The monoisotopic (exact) mass is 188 g/mol. The van der Waals surface area contributed by atoms with Crippen LogP contribution in [0.1, 0.15) is 22.3 Å². The van der Waals surface area contributed by atoms with Crippen LogP contribution < -0.4 is 4.74 Å². The van der Waals surface area contributed by atoms with Gasteiger partial charge in [-0.1, -0.05) is 18.2 Å². The van der Waals surface area contributed by atoms with Gasteiger partial charge in [-0.25, -0.2) is 0 Å². The van der Waals surface area contributed by atoms with E-state index in [0.717, 1.165) is 23.3 Å². The van der Waals surface area contributed by atoms with Crippen molar-refractivity contribution in [2.45, 2.75) is 12.8 Å². The molecule has 2 rings (SSSR count). The van der Waals surface area contributed by atoms with Gasteiger partial charge in [0.05, 0.1) is 12.2 Å². The summed E-state index contributed by atoms with van der Waals surface area (Å²) in [4.78, 5) is 11.3. The molecule has 0 N–H and O–H groups in total. The summed E-state index contributed by atoms with van der Waals surface area (Å²) in [5, 5.41) is 0. The molecule has 1 aromatic carbocycles. The Morgan fingerprint density at radius 1 is 1.50 bits per heavy atom. The maximum absolute atomic E-state index is 11.3. The molecule has 0 bridgehead atoms. The van der Waals surface area contributed by atoms with Crippen LogP contribution in [0, 0.1) is 0 Å². The summed E-state index contributed by atoms with van der Waals surface area (Å²) < 4.78 is 5.49. The Hall–Kier alpha value is -1.57. The quantitative estimate of drug-likeness (QED) is 0.535. The normalized spacial score (nSPS) is 13.0. The second-order valence-electron chi connectivity index (χ2n) is 3.32. The van der Waals surface area contributed by atoms with Gasteiger partial charge >= 0.3 is 0 Å². The third kappa shape index (κ3) is 1.43. The molecule has 0 saturated heterocycles. The lowest BCUT2D eigenvalue weighted by molar-refractivity contribution is 0.0963. The molecule has 0 aliphatic heterocycles. The fraction of sp³-hybridized carbons (Fsp3) is 0.250. The summed E-state index contributed by atoms with van der Waals surface area (Å²) in [6, 6.07) is 5.74. The first-order valence-electron chi connectivity index (χ1n) is 4.71. The summed E-state index contributed by atoms with van der Waals surface area (Å²) in [5.41, 5.74) is 1.88. The molecule has 0 unspecified atom stereocenters. The molecular formula is C12H12O2. The number of fused-ring (bicyclic) bond motifs is 1. The number of hydrogen-bond donors (Lipinski definition) is 0. The molecule has 1 aliphatic rings. The molecule has 0 amide bonds. The predicted octanol–water partition coefficient (Wildman–Crippen LogP) is 2.38. The van der Waals surface area contributed by atoms with E-state index in [1.54, 1.807) is 6.08 Å². The van der Waals surface area contributed by atoms with E-state index >= 15 is 0 Å². The molecule has 0 radical (unpaired) electrons. The average Bonchev–Trinajstić information content (AvgIpc) is 2.16. The molecule has 0 saturated carbocycles. The van der Waals surface area contributed by atoms with Gasteiger partial charge in [-0.3, -0.25) is 4.79 Å². The van der Waals surface area contributed by atoms with Gasteiger partial charge < -0.3 is 4.74 Å². The highest BCUT2D eigenvalue weighted by atomic mass is 16.5. The van der Waals surface area contributed by atoms with Gasteiger partial charge in [-0.15, -0.1) is 6.58 Å². The average molecular weight is 188 g/mol. The number of rotatable bonds is 4. The first kappa shape index (κ1) is 9.00. The minimum atomic E-state index is 0.189. The summed E-state index contributed by atoms with van der Waals surface area (Å²) in [6.45, 7) is 4.20. The van der Waals surface area contributed by atoms with Crippen molar-refractivity contribution < 1.29 is 9.53 Å². The molecule has 0 spiro atoms. The van der Waals surface area contributed by atoms with Crippen LogP contribution in [0.15, 0.2) is 30.9 Å². The molecular weight excluding hydrogens is 176 g/mol. The second kappa shape index (κ2) is 3.66. The molecule has 0 heterocycles. The molecule has 0 fully saturated rings. The van der Waals surface area contributed by atoms with Crippen LogP contribution >= 0.6 is 0 Å². The number of benzene rings is 1. The lowest BCUT2D eigenvalue weighted by Gasteiger charge is -2.20. The Balaban J connectivity index is 2.14. The van der Waals surface area contributed by atoms with E-state index in [2.05, 4.69) is 6.58 Å². The maximum atomic E-state index is 11.3. The van der Waals surface area contributed by atoms with Crippen LogP contribution in [-0.4, -0.2) is 12.4 Å². The van der Waals surface area contributed by atoms with Crippen molar-refractivity contribution in [1.82, 2.24) is 0 Å². The van der Waals surface area contributed by atoms with Gasteiger partial charge in [0, 0.05) is 6.42 Å². The Morgan fingerprint density at radius 3 is 3.07 bits per heavy atom. The van der Waals surface area contributed by atoms with Crippen molar-refractivity contribution in [1.29, 1.82) is 0 Å². The lowest BCUT2D eigenvalue weighted by Crippen LogP contribution is -2.20. The molecule has 14 heavy (non-hydrogen) atoms. The summed E-state index contributed by atoms with van der Waals surface area (Å²) >= 11 is 0. The molecule has 72 valence electrons. The Kier molecular flexibility index (Phi) is 2.35. The van der Waals surface area contributed by atoms with Gasteiger partial charge in [0.2, 0.25) is 0 Å². The van der Waals surface area contributed by atoms with E-state index in [-0.39, 0.29) is 5.78 Å². The third-order valence-electron chi connectivity index (χ3n) is 2.32. The van der Waals surface area contributed by atoms with Crippen LogP contribution in [0.2, 0.25) is 0 Å². The zero-order chi connectivity index (χ0) is 9.97. The Bertz CT molecular complexity index is 380. The first-order chi connectivity index (χ1) is 6.83. The minimum Gasteiger partial charge on any atom is -0.492 e. The van der Waals surface area contributed by atoms with Gasteiger partial charge in [0.25, 0.3) is 0 Å². The highest BCUT2D eigenvalue weighted by molar-refractivity contribution is 6.08. The van der Waals surface area contributed by atoms with Crippen LogP contribution in [-0.2, 0) is 6.42 Å². The fourth-order valence-corrected chi connectivity index (χ4v) is 1.57. The topological polar surface area (TPSA) is 26.3 Å². The predicted molar refractivity (Wildman–Crippen MR) is 54.8 cm³/mol. The zero-order valence-corrected chi connectivity index (χ0v) is 7.95. The SMILES string of the molecule is C=CCCOc1cccc2c1C(=O)C2. The molecule has 1 aliphatic carbocycles. The van der Waals surface area contributed by atoms with Gasteiger partial charge in [0.15, 0.2) is 5.78 Å². The second-order valence-corrected chi connectivity index (χ2v) is 3.32. The van der Waals surface area contributed by atoms with E-state index in [0.29, 0.717) is 13.0 Å². The maximum Gasteiger partial charge on any atom is 0.171 e. The van der Waals surface area contributed by atoms with Crippen molar-refractivity contribution >= 4 is 5.78 Å². The van der Waals surface area contributed by atoms with Gasteiger partial charge in [-0.2, -0.15) is 0 Å². The number of hydrogen-bond acceptors (Lipinski definition) is 2. The van der Waals surface area contributed by atoms with Crippen molar-refractivity contribution in [3.8, 4) is 5.75 Å². The van der Waals surface area contributed by atoms with Gasteiger partial charge in [-0.05, 0) is 18.1 Å². The van der Waals surface area contributed by atoms with Crippen LogP contribution in [0.3, 0.4) is 0 Å². The lowest BCUT2D eigenvalue weighted by atomic mass is 9.86. The molecule has 2 heteroatoms. The number of ether oxygens (including phenoxy) is 1. The summed E-state index contributed by atoms with van der Waals surface area (Å²) in [6.07, 6.45) is 3.17. The molecule has 0 atom stereocenters. The fourth-order valence-electron chi connectivity index (χ4n) is 1.57. The third-order valence-corrected chi connectivity index (χ3v) is 2.32. The standard InChI is InChI=1S/C12H12O2/c1-2-3-7-14-11-6-4-5-9-8-10(13)12(9)11/h2,4-6H,1,3,7-8H2. The van der Waals surface area contributed by atoms with E-state index in [1.807, 2.05) is 18.2 Å². The zero-order valence-electron chi connectivity index (χ0n) is 7.95. The highest BCUT2D eigenvalue weighted by Gasteiger charge is 2.26. The number of carbonyl (C=O) groups is 1. The number of ketones is 1. The van der Waals surface area contributed by atoms with Crippen molar-refractivity contribution in [2.24, 2.45) is 0 Å². The Labute approximate surface area is 83.2 Å². The summed E-state index contributed by atoms with van der Waals surface area (Å²) in [7, 11) is 0. The Morgan fingerprint density at radius 2 is 2.36 bits per heavy atom. The minimum absolute atomic E-state index is 0.189. The molecule has 0 aromatic heterocycles. The van der Waals surface area contributed by atoms with Crippen molar-refractivity contribution in [2.75, 3.05) is 6.61 Å². The van der Waals surface area contributed by atoms with Crippen LogP contribution in [0.25, 0.3) is 0 Å². The van der Waals surface area contributed by atoms with E-state index in [1.165, 1.54) is 0 Å². The number of carbonyl (C=O) groups excluding carboxylic acids is 1. The first-order valence-corrected chi connectivity index (χ1v) is 4.71.